The van der Waals surface area contributed by atoms with E-state index >= 15 is 0 Å². The molecule has 0 aromatic heterocycles. The molecular formula is C38H70NO10P. The van der Waals surface area contributed by atoms with E-state index in [1.54, 1.807) is 0 Å². The Hall–Kier alpha value is -2.04. The number of ether oxygens (including phenoxy) is 2. The predicted octanol–water partition coefficient (Wildman–Crippen LogP) is 9.50. The molecule has 0 aliphatic heterocycles. The molecule has 0 heterocycles. The molecule has 4 N–H and O–H groups in total. The highest BCUT2D eigenvalue weighted by Crippen LogP contribution is 2.43. The zero-order chi connectivity index (χ0) is 37.1. The lowest BCUT2D eigenvalue weighted by Crippen LogP contribution is -2.34. The lowest BCUT2D eigenvalue weighted by atomic mass is 10.1. The van der Waals surface area contributed by atoms with Crippen LogP contribution in [0.15, 0.2) is 24.3 Å². The van der Waals surface area contributed by atoms with Gasteiger partial charge in [-0.25, -0.2) is 4.57 Å². The zero-order valence-corrected chi connectivity index (χ0v) is 32.1. The van der Waals surface area contributed by atoms with Crippen molar-refractivity contribution in [3.63, 3.8) is 0 Å². The van der Waals surface area contributed by atoms with E-state index in [1.807, 2.05) is 6.08 Å². The Kier molecular flexibility index (Phi) is 32.7. The van der Waals surface area contributed by atoms with E-state index in [1.165, 1.54) is 77.0 Å². The second-order valence-electron chi connectivity index (χ2n) is 13.1. The number of unbranched alkanes of at least 4 members (excludes halogenated alkanes) is 18. The molecule has 0 amide bonds. The first-order valence-electron chi connectivity index (χ1n) is 19.4. The molecule has 0 aliphatic carbocycles. The molecule has 50 heavy (non-hydrogen) atoms. The number of phosphoric acid groups is 1. The number of esters is 2. The van der Waals surface area contributed by atoms with Gasteiger partial charge in [0.1, 0.15) is 12.6 Å². The second kappa shape index (κ2) is 34.1. The van der Waals surface area contributed by atoms with Crippen LogP contribution in [0, 0.1) is 0 Å². The fourth-order valence-electron chi connectivity index (χ4n) is 5.06. The number of carbonyl (C=O) groups is 3. The van der Waals surface area contributed by atoms with Crippen molar-refractivity contribution in [2.75, 3.05) is 19.8 Å². The van der Waals surface area contributed by atoms with Gasteiger partial charge in [-0.2, -0.15) is 0 Å². The summed E-state index contributed by atoms with van der Waals surface area (Å²) in [4.78, 5) is 45.7. The molecule has 0 bridgehead atoms. The maximum absolute atomic E-state index is 12.5. The minimum atomic E-state index is -4.71. The molecule has 11 nitrogen and oxygen atoms in total. The van der Waals surface area contributed by atoms with E-state index in [0.29, 0.717) is 12.8 Å². The molecule has 0 saturated carbocycles. The Morgan fingerprint density at radius 1 is 0.600 bits per heavy atom. The maximum atomic E-state index is 12.5. The van der Waals surface area contributed by atoms with Crippen LogP contribution in [-0.2, 0) is 37.5 Å². The summed E-state index contributed by atoms with van der Waals surface area (Å²) in [5.74, 6) is -2.45. The number of aliphatic carboxylic acids is 1. The lowest BCUT2D eigenvalue weighted by Gasteiger charge is -2.20. The fourth-order valence-corrected chi connectivity index (χ4v) is 5.84. The molecule has 0 aromatic rings. The van der Waals surface area contributed by atoms with E-state index in [2.05, 4.69) is 36.6 Å². The number of carbonyl (C=O) groups excluding carboxylic acids is 2. The average Bonchev–Trinajstić information content (AvgIpc) is 3.09. The highest BCUT2D eigenvalue weighted by atomic mass is 31.2. The van der Waals surface area contributed by atoms with Gasteiger partial charge in [0, 0.05) is 12.8 Å². The fraction of sp³-hybridized carbons (Fsp3) is 0.816. The molecule has 0 spiro atoms. The van der Waals surface area contributed by atoms with Crippen LogP contribution in [0.5, 0.6) is 0 Å². The van der Waals surface area contributed by atoms with Gasteiger partial charge < -0.3 is 25.2 Å². The quantitative estimate of drug-likeness (QED) is 0.0242. The molecule has 1 unspecified atom stereocenters. The third-order valence-corrected chi connectivity index (χ3v) is 9.14. The van der Waals surface area contributed by atoms with Gasteiger partial charge in [0.05, 0.1) is 13.2 Å². The van der Waals surface area contributed by atoms with Crippen molar-refractivity contribution in [1.29, 1.82) is 0 Å². The van der Waals surface area contributed by atoms with Gasteiger partial charge in [0.15, 0.2) is 6.10 Å². The largest absolute Gasteiger partial charge is 0.480 e. The van der Waals surface area contributed by atoms with Gasteiger partial charge >= 0.3 is 25.7 Å². The summed E-state index contributed by atoms with van der Waals surface area (Å²) in [6.45, 7) is 2.70. The summed E-state index contributed by atoms with van der Waals surface area (Å²) in [5, 5.41) is 8.85. The summed E-state index contributed by atoms with van der Waals surface area (Å²) >= 11 is 0. The average molecular weight is 732 g/mol. The minimum absolute atomic E-state index is 0.138. The highest BCUT2D eigenvalue weighted by molar-refractivity contribution is 7.47. The summed E-state index contributed by atoms with van der Waals surface area (Å²) in [6, 6.07) is -1.52. The molecular weight excluding hydrogens is 661 g/mol. The first kappa shape index (κ1) is 48.0. The molecule has 0 aliphatic rings. The van der Waals surface area contributed by atoms with Crippen molar-refractivity contribution in [3.05, 3.63) is 24.3 Å². The van der Waals surface area contributed by atoms with Gasteiger partial charge in [-0.3, -0.25) is 23.4 Å². The van der Waals surface area contributed by atoms with Crippen molar-refractivity contribution in [2.45, 2.75) is 180 Å². The predicted molar refractivity (Wildman–Crippen MR) is 199 cm³/mol. The van der Waals surface area contributed by atoms with Crippen LogP contribution in [0.1, 0.15) is 168 Å². The lowest BCUT2D eigenvalue weighted by molar-refractivity contribution is -0.161. The smallest absolute Gasteiger partial charge is 0.472 e. The molecule has 0 saturated heterocycles. The first-order chi connectivity index (χ1) is 24.1. The maximum Gasteiger partial charge on any atom is 0.472 e. The minimum Gasteiger partial charge on any atom is -0.480 e. The molecule has 3 atom stereocenters. The molecule has 12 heteroatoms. The van der Waals surface area contributed by atoms with Crippen molar-refractivity contribution in [1.82, 2.24) is 0 Å². The first-order valence-corrected chi connectivity index (χ1v) is 20.9. The summed E-state index contributed by atoms with van der Waals surface area (Å²) in [6.07, 6.45) is 32.7. The summed E-state index contributed by atoms with van der Waals surface area (Å²) < 4.78 is 32.5. The zero-order valence-electron chi connectivity index (χ0n) is 31.2. The van der Waals surface area contributed by atoms with Crippen molar-refractivity contribution in [3.8, 4) is 0 Å². The van der Waals surface area contributed by atoms with Crippen molar-refractivity contribution >= 4 is 25.7 Å². The number of carboxylic acids is 1. The van der Waals surface area contributed by atoms with Crippen molar-refractivity contribution < 1.29 is 47.5 Å². The molecule has 0 aromatic carbocycles. The van der Waals surface area contributed by atoms with Crippen molar-refractivity contribution in [2.24, 2.45) is 5.73 Å². The Morgan fingerprint density at radius 3 is 1.60 bits per heavy atom. The van der Waals surface area contributed by atoms with E-state index in [4.69, 9.17) is 24.8 Å². The number of rotatable bonds is 36. The number of hydrogen-bond donors (Lipinski definition) is 3. The number of allylic oxidation sites excluding steroid dienone is 4. The van der Waals surface area contributed by atoms with Gasteiger partial charge in [-0.1, -0.05) is 134 Å². The number of nitrogens with two attached hydrogens (primary N) is 1. The Balaban J connectivity index is 4.46. The molecule has 0 radical (unpaired) electrons. The molecule has 0 rings (SSSR count). The van der Waals surface area contributed by atoms with Crippen LogP contribution in [0.3, 0.4) is 0 Å². The third kappa shape index (κ3) is 33.1. The van der Waals surface area contributed by atoms with E-state index < -0.39 is 51.1 Å². The van der Waals surface area contributed by atoms with Crippen LogP contribution in [0.4, 0.5) is 0 Å². The van der Waals surface area contributed by atoms with Crippen LogP contribution in [0.2, 0.25) is 0 Å². The monoisotopic (exact) mass is 731 g/mol. The number of hydrogen-bond acceptors (Lipinski definition) is 9. The van der Waals surface area contributed by atoms with E-state index in [-0.39, 0.29) is 19.4 Å². The normalized spacial score (nSPS) is 14.2. The molecule has 292 valence electrons. The number of phosphoric ester groups is 1. The Labute approximate surface area is 302 Å². The van der Waals surface area contributed by atoms with Gasteiger partial charge in [0.2, 0.25) is 0 Å². The van der Waals surface area contributed by atoms with Gasteiger partial charge in [-0.15, -0.1) is 0 Å². The molecule has 0 fully saturated rings. The van der Waals surface area contributed by atoms with Crippen LogP contribution in [0.25, 0.3) is 0 Å². The van der Waals surface area contributed by atoms with Gasteiger partial charge in [0.25, 0.3) is 0 Å². The van der Waals surface area contributed by atoms with E-state index in [0.717, 1.165) is 51.4 Å². The highest BCUT2D eigenvalue weighted by Gasteiger charge is 2.28. The van der Waals surface area contributed by atoms with Gasteiger partial charge in [-0.05, 0) is 44.9 Å². The van der Waals surface area contributed by atoms with Crippen LogP contribution < -0.4 is 5.73 Å². The van der Waals surface area contributed by atoms with Crippen LogP contribution >= 0.6 is 7.82 Å². The van der Waals surface area contributed by atoms with E-state index in [9.17, 15) is 23.8 Å². The Morgan fingerprint density at radius 2 is 1.06 bits per heavy atom. The third-order valence-electron chi connectivity index (χ3n) is 8.19. The topological polar surface area (TPSA) is 172 Å². The summed E-state index contributed by atoms with van der Waals surface area (Å²) in [5.41, 5.74) is 5.31. The standard InChI is InChI=1S/C38H70NO10P/c1-3-5-7-9-11-13-15-16-17-18-20-21-23-25-27-29-36(40)46-31-34(32-47-50(44,45)48-33-35(39)38(42)43)49-37(41)30-28-26-24-22-19-14-12-10-8-6-4-2/h10,12,23,25,34-35H,3-9,11,13-22,24,26-33,39H2,1-2H3,(H,42,43)(H,44,45)/b12-10+,25-23+/t34-,35+/m1/s1. The second-order valence-corrected chi connectivity index (χ2v) is 14.5. The van der Waals surface area contributed by atoms with Crippen LogP contribution in [-0.4, -0.2) is 59.9 Å². The Bertz CT molecular complexity index is 958. The SMILES string of the molecule is CCCC/C=C/CCCCCCCC(=O)O[C@H](COC(=O)CC/C=C/CCCCCCCCCCCCC)COP(=O)(O)OC[C@H](N)C(=O)O. The summed E-state index contributed by atoms with van der Waals surface area (Å²) in [7, 11) is -4.71. The number of carboxylic acid groups (broad SMARTS) is 1.